The second-order valence-corrected chi connectivity index (χ2v) is 2.93. The molecule has 4 heteroatoms. The van der Waals surface area contributed by atoms with Gasteiger partial charge in [0.15, 0.2) is 6.29 Å². The highest BCUT2D eigenvalue weighted by molar-refractivity contribution is 7.80. The molecule has 0 atom stereocenters. The average molecular weight is 214 g/mol. The van der Waals surface area contributed by atoms with Crippen molar-refractivity contribution < 1.29 is 13.6 Å². The molecular weight excluding hydrogens is 206 g/mol. The van der Waals surface area contributed by atoms with E-state index in [1.54, 1.807) is 6.08 Å². The van der Waals surface area contributed by atoms with E-state index in [4.69, 9.17) is 0 Å². The van der Waals surface area contributed by atoms with Crippen molar-refractivity contribution in [1.82, 2.24) is 0 Å². The van der Waals surface area contributed by atoms with Crippen LogP contribution in [0, 0.1) is 11.6 Å². The van der Waals surface area contributed by atoms with Gasteiger partial charge in [0.2, 0.25) is 0 Å². The summed E-state index contributed by atoms with van der Waals surface area (Å²) < 4.78 is 26.2. The van der Waals surface area contributed by atoms with E-state index in [-0.39, 0.29) is 11.8 Å². The minimum atomic E-state index is -0.847. The summed E-state index contributed by atoms with van der Waals surface area (Å²) in [5, 5.41) is 0. The van der Waals surface area contributed by atoms with Crippen molar-refractivity contribution >= 4 is 25.0 Å². The third-order valence-electron chi connectivity index (χ3n) is 1.68. The maximum absolute atomic E-state index is 13.3. The van der Waals surface area contributed by atoms with Crippen LogP contribution in [0.3, 0.4) is 0 Å². The third-order valence-corrected chi connectivity index (χ3v) is 1.89. The molecule has 14 heavy (non-hydrogen) atoms. The number of carbonyl (C=O) groups excluding carboxylic acids is 1. The fourth-order valence-corrected chi connectivity index (χ4v) is 1.11. The van der Waals surface area contributed by atoms with E-state index >= 15 is 0 Å². The Morgan fingerprint density at radius 3 is 2.64 bits per heavy atom. The van der Waals surface area contributed by atoms with Crippen molar-refractivity contribution in [2.75, 3.05) is 5.75 Å². The number of thiol groups is 1. The van der Waals surface area contributed by atoms with E-state index in [0.717, 1.165) is 6.07 Å². The quantitative estimate of drug-likeness (QED) is 0.604. The van der Waals surface area contributed by atoms with E-state index in [2.05, 4.69) is 12.6 Å². The highest BCUT2D eigenvalue weighted by Gasteiger charge is 2.10. The summed E-state index contributed by atoms with van der Waals surface area (Å²) in [7, 11) is 0. The van der Waals surface area contributed by atoms with Crippen LogP contribution in [0.5, 0.6) is 0 Å². The summed E-state index contributed by atoms with van der Waals surface area (Å²) in [6.07, 6.45) is 3.23. The molecule has 0 aliphatic rings. The monoisotopic (exact) mass is 214 g/mol. The van der Waals surface area contributed by atoms with E-state index < -0.39 is 17.2 Å². The summed E-state index contributed by atoms with van der Waals surface area (Å²) in [6, 6.07) is 2.34. The first-order chi connectivity index (χ1) is 6.70. The number of hydrogen-bond acceptors (Lipinski definition) is 2. The van der Waals surface area contributed by atoms with Gasteiger partial charge in [0.1, 0.15) is 11.6 Å². The molecule has 0 unspecified atom stereocenters. The Balaban J connectivity index is 3.21. The van der Waals surface area contributed by atoms with Crippen molar-refractivity contribution in [3.05, 3.63) is 41.0 Å². The summed E-state index contributed by atoms with van der Waals surface area (Å²) in [5.74, 6) is -1.23. The van der Waals surface area contributed by atoms with E-state index in [1.165, 1.54) is 12.1 Å². The number of halogens is 2. The first-order valence-electron chi connectivity index (χ1n) is 3.91. The zero-order valence-corrected chi connectivity index (χ0v) is 8.10. The van der Waals surface area contributed by atoms with Crippen LogP contribution in [0.15, 0.2) is 18.2 Å². The number of carbonyl (C=O) groups is 1. The van der Waals surface area contributed by atoms with Gasteiger partial charge in [0.05, 0.1) is 5.56 Å². The van der Waals surface area contributed by atoms with Gasteiger partial charge >= 0.3 is 0 Å². The van der Waals surface area contributed by atoms with Gasteiger partial charge < -0.3 is 0 Å². The predicted molar refractivity (Wildman–Crippen MR) is 54.6 cm³/mol. The molecule has 0 aliphatic carbocycles. The number of aldehydes is 1. The molecule has 0 heterocycles. The number of rotatable bonds is 3. The second kappa shape index (κ2) is 4.91. The normalized spacial score (nSPS) is 10.8. The standard InChI is InChI=1S/C10H8F2OS/c11-9-4-3-7(2-1-5-14)10(12)8(9)6-13/h1-4,6,14H,5H2. The smallest absolute Gasteiger partial charge is 0.155 e. The molecule has 0 bridgehead atoms. The van der Waals surface area contributed by atoms with Crippen LogP contribution in [0.1, 0.15) is 15.9 Å². The molecule has 0 saturated heterocycles. The van der Waals surface area contributed by atoms with Crippen molar-refractivity contribution in [3.63, 3.8) is 0 Å². The van der Waals surface area contributed by atoms with Gasteiger partial charge in [0.25, 0.3) is 0 Å². The highest BCUT2D eigenvalue weighted by atomic mass is 32.1. The van der Waals surface area contributed by atoms with Crippen molar-refractivity contribution in [1.29, 1.82) is 0 Å². The van der Waals surface area contributed by atoms with Gasteiger partial charge in [-0.15, -0.1) is 0 Å². The number of hydrogen-bond donors (Lipinski definition) is 1. The molecule has 0 N–H and O–H groups in total. The largest absolute Gasteiger partial charge is 0.298 e. The fourth-order valence-electron chi connectivity index (χ4n) is 1.00. The molecule has 74 valence electrons. The Morgan fingerprint density at radius 1 is 1.36 bits per heavy atom. The summed E-state index contributed by atoms with van der Waals surface area (Å²) in [6.45, 7) is 0. The first-order valence-corrected chi connectivity index (χ1v) is 4.54. The Bertz CT molecular complexity index is 375. The van der Waals surface area contributed by atoms with E-state index in [0.29, 0.717) is 5.75 Å². The van der Waals surface area contributed by atoms with Crippen molar-refractivity contribution in [2.45, 2.75) is 0 Å². The lowest BCUT2D eigenvalue weighted by atomic mass is 10.1. The molecule has 1 rings (SSSR count). The van der Waals surface area contributed by atoms with Gasteiger partial charge in [-0.25, -0.2) is 8.78 Å². The van der Waals surface area contributed by atoms with E-state index in [1.807, 2.05) is 0 Å². The molecule has 1 aromatic rings. The number of benzene rings is 1. The summed E-state index contributed by atoms with van der Waals surface area (Å²) >= 11 is 3.90. The van der Waals surface area contributed by atoms with Crippen LogP contribution in [0.4, 0.5) is 8.78 Å². The Labute approximate surface area is 85.8 Å². The molecular formula is C10H8F2OS. The molecule has 0 fully saturated rings. The minimum absolute atomic E-state index is 0.169. The maximum atomic E-state index is 13.3. The molecule has 0 aliphatic heterocycles. The van der Waals surface area contributed by atoms with Gasteiger partial charge in [-0.2, -0.15) is 12.6 Å². The van der Waals surface area contributed by atoms with Crippen LogP contribution in [-0.2, 0) is 0 Å². The Morgan fingerprint density at radius 2 is 2.07 bits per heavy atom. The topological polar surface area (TPSA) is 17.1 Å². The van der Waals surface area contributed by atoms with E-state index in [9.17, 15) is 13.6 Å². The predicted octanol–water partition coefficient (Wildman–Crippen LogP) is 2.72. The zero-order valence-electron chi connectivity index (χ0n) is 7.21. The molecule has 0 radical (unpaired) electrons. The minimum Gasteiger partial charge on any atom is -0.298 e. The van der Waals surface area contributed by atoms with Gasteiger partial charge in [-0.3, -0.25) is 4.79 Å². The molecule has 0 aromatic heterocycles. The molecule has 0 saturated carbocycles. The average Bonchev–Trinajstić information content (AvgIpc) is 2.18. The first kappa shape index (κ1) is 10.9. The zero-order chi connectivity index (χ0) is 10.6. The highest BCUT2D eigenvalue weighted by Crippen LogP contribution is 2.16. The van der Waals surface area contributed by atoms with Gasteiger partial charge in [-0.05, 0) is 12.1 Å². The summed E-state index contributed by atoms with van der Waals surface area (Å²) in [5.41, 5.74) is -0.353. The van der Waals surface area contributed by atoms with Crippen LogP contribution in [0.25, 0.3) is 6.08 Å². The lowest BCUT2D eigenvalue weighted by Gasteiger charge is -2.00. The molecule has 0 amide bonds. The van der Waals surface area contributed by atoms with Crippen LogP contribution >= 0.6 is 12.6 Å². The third kappa shape index (κ3) is 2.20. The lowest BCUT2D eigenvalue weighted by Crippen LogP contribution is -1.96. The van der Waals surface area contributed by atoms with Gasteiger partial charge in [0, 0.05) is 11.3 Å². The summed E-state index contributed by atoms with van der Waals surface area (Å²) in [4.78, 5) is 10.4. The Hall–Kier alpha value is -1.16. The van der Waals surface area contributed by atoms with Crippen LogP contribution < -0.4 is 0 Å². The second-order valence-electron chi connectivity index (χ2n) is 2.57. The Kier molecular flexibility index (Phi) is 3.83. The molecule has 1 aromatic carbocycles. The maximum Gasteiger partial charge on any atom is 0.155 e. The SMILES string of the molecule is O=Cc1c(F)ccc(C=CCS)c1F. The lowest BCUT2D eigenvalue weighted by molar-refractivity contribution is 0.111. The van der Waals surface area contributed by atoms with Crippen LogP contribution in [-0.4, -0.2) is 12.0 Å². The fraction of sp³-hybridized carbons (Fsp3) is 0.100. The molecule has 1 nitrogen and oxygen atoms in total. The van der Waals surface area contributed by atoms with Gasteiger partial charge in [-0.1, -0.05) is 12.2 Å². The van der Waals surface area contributed by atoms with Crippen LogP contribution in [0.2, 0.25) is 0 Å². The van der Waals surface area contributed by atoms with Crippen molar-refractivity contribution in [2.24, 2.45) is 0 Å². The van der Waals surface area contributed by atoms with Crippen molar-refractivity contribution in [3.8, 4) is 0 Å². The molecule has 0 spiro atoms.